The summed E-state index contributed by atoms with van der Waals surface area (Å²) >= 11 is 0. The van der Waals surface area contributed by atoms with Crippen LogP contribution in [-0.4, -0.2) is 59.0 Å². The molecule has 0 aliphatic rings. The van der Waals surface area contributed by atoms with Crippen molar-refractivity contribution < 1.29 is 50.7 Å². The van der Waals surface area contributed by atoms with Crippen LogP contribution in [0.3, 0.4) is 0 Å². The molecule has 0 saturated carbocycles. The summed E-state index contributed by atoms with van der Waals surface area (Å²) in [6.45, 7) is 2.35. The van der Waals surface area contributed by atoms with Crippen LogP contribution in [0.1, 0.15) is 43.8 Å². The topological polar surface area (TPSA) is 144 Å². The molecule has 0 spiro atoms. The molecule has 0 unspecified atom stereocenters. The molecule has 3 rings (SSSR count). The van der Waals surface area contributed by atoms with Gasteiger partial charge in [0.1, 0.15) is 0 Å². The Bertz CT molecular complexity index is 1540. The smallest absolute Gasteiger partial charge is 0.369 e. The van der Waals surface area contributed by atoms with Crippen LogP contribution in [0.25, 0.3) is 0 Å². The lowest BCUT2D eigenvalue weighted by Gasteiger charge is -2.31. The molecule has 10 nitrogen and oxygen atoms in total. The maximum atomic E-state index is 14.7. The number of rotatable bonds is 10. The Morgan fingerprint density at radius 1 is 0.848 bits per heavy atom. The van der Waals surface area contributed by atoms with Crippen LogP contribution in [0.15, 0.2) is 71.7 Å². The molecule has 0 atom stereocenters. The number of benzene rings is 3. The number of guanidine groups is 1. The number of nitrogens with zero attached hydrogens (tertiary/aromatic N) is 3. The standard InChI is InChI=1S/C29H29F7N6O4/c1-17-14-21(27(30,28(31,32)33)29(34,35)36)15-18(2)23(17)39-24(43)20-10-6-11-22(16-20)41(25(44)19-8-4-3-5-9-19)13-7-12-38-26(37)40-42(45)46/h3-6,8-11,14-16,45-46H,7,12-13H2,1-2H3,(H,39,43)(H3,37,38,40). The zero-order valence-corrected chi connectivity index (χ0v) is 24.2. The number of aliphatic imine (C=N–C) groups is 1. The van der Waals surface area contributed by atoms with E-state index in [1.54, 1.807) is 30.3 Å². The Labute approximate surface area is 257 Å². The third-order valence-corrected chi connectivity index (χ3v) is 6.67. The quantitative estimate of drug-likeness (QED) is 0.0611. The van der Waals surface area contributed by atoms with Gasteiger partial charge in [-0.2, -0.15) is 26.3 Å². The Morgan fingerprint density at radius 2 is 1.41 bits per heavy atom. The van der Waals surface area contributed by atoms with Crippen LogP contribution in [0.4, 0.5) is 42.1 Å². The number of nitrogens with two attached hydrogens (primary N) is 1. The average molecular weight is 659 g/mol. The molecule has 6 N–H and O–H groups in total. The molecule has 3 aromatic carbocycles. The molecule has 17 heteroatoms. The lowest BCUT2D eigenvalue weighted by molar-refractivity contribution is -0.348. The molecular formula is C29H29F7N6O4. The van der Waals surface area contributed by atoms with Crippen LogP contribution >= 0.6 is 0 Å². The third-order valence-electron chi connectivity index (χ3n) is 6.67. The fourth-order valence-electron chi connectivity index (χ4n) is 4.50. The molecule has 0 heterocycles. The first-order valence-corrected chi connectivity index (χ1v) is 13.3. The number of nitrogens with one attached hydrogen (secondary N) is 2. The van der Waals surface area contributed by atoms with E-state index in [0.717, 1.165) is 13.8 Å². The first kappa shape index (κ1) is 35.7. The number of aryl methyl sites for hydroxylation is 2. The minimum atomic E-state index is -6.30. The Balaban J connectivity index is 1.91. The van der Waals surface area contributed by atoms with Gasteiger partial charge in [-0.25, -0.2) is 9.82 Å². The summed E-state index contributed by atoms with van der Waals surface area (Å²) in [6.07, 6.45) is -12.4. The highest BCUT2D eigenvalue weighted by Crippen LogP contribution is 2.53. The number of anilines is 2. The van der Waals surface area contributed by atoms with Crippen LogP contribution in [0.2, 0.25) is 0 Å². The number of carbonyl (C=O) groups excluding carboxylic acids is 2. The lowest BCUT2D eigenvalue weighted by Crippen LogP contribution is -2.50. The SMILES string of the molecule is Cc1cc(C(F)(C(F)(F)F)C(F)(F)F)cc(C)c1NC(=O)c1cccc(N(CCCN=C(N)NN(O)O)C(=O)c2ccccc2)c1. The summed E-state index contributed by atoms with van der Waals surface area (Å²) in [5, 5.41) is 19.5. The second kappa shape index (κ2) is 14.1. The van der Waals surface area contributed by atoms with Crippen LogP contribution in [0, 0.1) is 13.8 Å². The van der Waals surface area contributed by atoms with Gasteiger partial charge in [0.2, 0.25) is 5.96 Å². The molecule has 0 radical (unpaired) electrons. The predicted molar refractivity (Wildman–Crippen MR) is 153 cm³/mol. The highest BCUT2D eigenvalue weighted by Gasteiger charge is 2.73. The molecule has 2 amide bonds. The number of alkyl halides is 7. The van der Waals surface area contributed by atoms with E-state index in [9.17, 15) is 40.3 Å². The van der Waals surface area contributed by atoms with Crippen molar-refractivity contribution in [3.63, 3.8) is 0 Å². The van der Waals surface area contributed by atoms with Gasteiger partial charge >= 0.3 is 18.0 Å². The van der Waals surface area contributed by atoms with Gasteiger partial charge in [-0.1, -0.05) is 36.4 Å². The largest absolute Gasteiger partial charge is 0.435 e. The van der Waals surface area contributed by atoms with Crippen LogP contribution < -0.4 is 21.4 Å². The molecule has 3 aromatic rings. The third kappa shape index (κ3) is 8.09. The van der Waals surface area contributed by atoms with Crippen molar-refractivity contribution in [2.45, 2.75) is 38.3 Å². The Kier molecular flexibility index (Phi) is 11.0. The number of carbonyl (C=O) groups is 2. The van der Waals surface area contributed by atoms with Gasteiger partial charge in [0, 0.05) is 46.5 Å². The summed E-state index contributed by atoms with van der Waals surface area (Å²) in [5.74, 6) is -1.58. The molecular weight excluding hydrogens is 629 g/mol. The second-order valence-electron chi connectivity index (χ2n) is 9.99. The van der Waals surface area contributed by atoms with Gasteiger partial charge < -0.3 is 16.0 Å². The van der Waals surface area contributed by atoms with E-state index in [2.05, 4.69) is 10.3 Å². The van der Waals surface area contributed by atoms with Crippen molar-refractivity contribution in [1.29, 1.82) is 0 Å². The number of halogens is 7. The fourth-order valence-corrected chi connectivity index (χ4v) is 4.50. The summed E-state index contributed by atoms with van der Waals surface area (Å²) in [7, 11) is 0. The predicted octanol–water partition coefficient (Wildman–Crippen LogP) is 5.78. The van der Waals surface area contributed by atoms with Crippen LogP contribution in [0.5, 0.6) is 0 Å². The highest BCUT2D eigenvalue weighted by atomic mass is 19.4. The molecule has 248 valence electrons. The number of hydrazine groups is 1. The monoisotopic (exact) mass is 658 g/mol. The van der Waals surface area contributed by atoms with E-state index in [0.29, 0.717) is 17.7 Å². The molecule has 0 aliphatic heterocycles. The van der Waals surface area contributed by atoms with Crippen molar-refractivity contribution >= 4 is 29.1 Å². The lowest BCUT2D eigenvalue weighted by atomic mass is 9.90. The van der Waals surface area contributed by atoms with Gasteiger partial charge in [-0.15, -0.1) is 0 Å². The van der Waals surface area contributed by atoms with E-state index in [-0.39, 0.29) is 53.5 Å². The summed E-state index contributed by atoms with van der Waals surface area (Å²) < 4.78 is 94.5. The molecule has 0 bridgehead atoms. The number of amides is 2. The van der Waals surface area contributed by atoms with Crippen molar-refractivity contribution in [3.05, 3.63) is 94.5 Å². The molecule has 0 fully saturated rings. The van der Waals surface area contributed by atoms with Crippen LogP contribution in [-0.2, 0) is 5.67 Å². The van der Waals surface area contributed by atoms with E-state index < -0.39 is 40.7 Å². The Hall–Kier alpha value is -4.74. The first-order valence-electron chi connectivity index (χ1n) is 13.3. The first-order chi connectivity index (χ1) is 21.4. The zero-order chi connectivity index (χ0) is 34.4. The van der Waals surface area contributed by atoms with Gasteiger partial charge in [0.05, 0.1) is 0 Å². The van der Waals surface area contributed by atoms with Crippen molar-refractivity contribution in [3.8, 4) is 0 Å². The van der Waals surface area contributed by atoms with E-state index in [1.807, 2.05) is 5.43 Å². The molecule has 0 aliphatic carbocycles. The molecule has 0 saturated heterocycles. The van der Waals surface area contributed by atoms with Gasteiger partial charge in [-0.3, -0.25) is 25.0 Å². The van der Waals surface area contributed by atoms with Crippen molar-refractivity contribution in [2.24, 2.45) is 10.7 Å². The maximum absolute atomic E-state index is 14.7. The minimum absolute atomic E-state index is 0.0193. The average Bonchev–Trinajstić information content (AvgIpc) is 2.97. The van der Waals surface area contributed by atoms with E-state index in [4.69, 9.17) is 16.1 Å². The number of hydrogen-bond donors (Lipinski definition) is 5. The summed E-state index contributed by atoms with van der Waals surface area (Å²) in [4.78, 5) is 31.9. The second-order valence-corrected chi connectivity index (χ2v) is 9.99. The fraction of sp³-hybridized carbons (Fsp3) is 0.276. The van der Waals surface area contributed by atoms with Gasteiger partial charge in [0.15, 0.2) is 0 Å². The number of hydrogen-bond acceptors (Lipinski definition) is 6. The highest BCUT2D eigenvalue weighted by molar-refractivity contribution is 6.08. The van der Waals surface area contributed by atoms with Gasteiger partial charge in [-0.05, 0) is 61.7 Å². The van der Waals surface area contributed by atoms with Crippen molar-refractivity contribution in [2.75, 3.05) is 23.3 Å². The molecule has 46 heavy (non-hydrogen) atoms. The zero-order valence-electron chi connectivity index (χ0n) is 24.2. The summed E-state index contributed by atoms with van der Waals surface area (Å²) in [5.41, 5.74) is 0.00959. The van der Waals surface area contributed by atoms with Gasteiger partial charge in [0.25, 0.3) is 11.8 Å². The summed E-state index contributed by atoms with van der Waals surface area (Å²) in [6, 6.07) is 14.6. The van der Waals surface area contributed by atoms with E-state index >= 15 is 0 Å². The Morgan fingerprint density at radius 3 is 1.96 bits per heavy atom. The van der Waals surface area contributed by atoms with Crippen molar-refractivity contribution in [1.82, 2.24) is 10.8 Å². The minimum Gasteiger partial charge on any atom is -0.369 e. The molecule has 0 aromatic heterocycles. The van der Waals surface area contributed by atoms with E-state index in [1.165, 1.54) is 29.2 Å². The maximum Gasteiger partial charge on any atom is 0.435 e. The normalized spacial score (nSPS) is 12.7.